The molecule has 0 radical (unpaired) electrons. The van der Waals surface area contributed by atoms with E-state index in [0.717, 1.165) is 11.3 Å². The summed E-state index contributed by atoms with van der Waals surface area (Å²) in [6.45, 7) is 7.85. The quantitative estimate of drug-likeness (QED) is 0.191. The van der Waals surface area contributed by atoms with Gasteiger partial charge in [-0.25, -0.2) is 9.97 Å². The number of imidazole rings is 1. The summed E-state index contributed by atoms with van der Waals surface area (Å²) in [5.74, 6) is -1.68. The summed E-state index contributed by atoms with van der Waals surface area (Å²) in [5, 5.41) is 16.7. The molecule has 2 bridgehead atoms. The lowest BCUT2D eigenvalue weighted by Crippen LogP contribution is -2.57. The van der Waals surface area contributed by atoms with Gasteiger partial charge in [0.25, 0.3) is 5.91 Å². The Hall–Kier alpha value is -4.28. The van der Waals surface area contributed by atoms with E-state index in [1.165, 1.54) is 18.3 Å². The smallest absolute Gasteiger partial charge is 0.271 e. The molecular formula is C35H49N9O5S2. The Balaban J connectivity index is 1.71. The molecule has 0 spiro atoms. The molecule has 3 aromatic rings. The monoisotopic (exact) mass is 739 g/mol. The first-order chi connectivity index (χ1) is 24.5. The highest BCUT2D eigenvalue weighted by Gasteiger charge is 2.31. The van der Waals surface area contributed by atoms with Crippen LogP contribution >= 0.6 is 23.1 Å². The molecule has 0 aliphatic carbocycles. The highest BCUT2D eigenvalue weighted by molar-refractivity contribution is 7.98. The second-order valence-electron chi connectivity index (χ2n) is 13.0. The Bertz CT molecular complexity index is 1600. The van der Waals surface area contributed by atoms with Gasteiger partial charge in [-0.15, -0.1) is 11.3 Å². The number of hydrogen-bond donors (Lipinski definition) is 6. The maximum atomic E-state index is 14.0. The van der Waals surface area contributed by atoms with E-state index < -0.39 is 47.9 Å². The van der Waals surface area contributed by atoms with Crippen LogP contribution in [-0.4, -0.2) is 98.7 Å². The second kappa shape index (κ2) is 19.4. The maximum absolute atomic E-state index is 14.0. The predicted molar refractivity (Wildman–Crippen MR) is 198 cm³/mol. The lowest BCUT2D eigenvalue weighted by Gasteiger charge is -2.30. The number of nitrogens with zero attached hydrogens (tertiary/aromatic N) is 3. The number of aromatic amines is 1. The van der Waals surface area contributed by atoms with Crippen LogP contribution in [0.5, 0.6) is 0 Å². The van der Waals surface area contributed by atoms with E-state index in [4.69, 9.17) is 0 Å². The lowest BCUT2D eigenvalue weighted by molar-refractivity contribution is -0.132. The van der Waals surface area contributed by atoms with Crippen molar-refractivity contribution in [2.75, 3.05) is 25.1 Å². The minimum absolute atomic E-state index is 0.00175. The highest BCUT2D eigenvalue weighted by atomic mass is 32.2. The van der Waals surface area contributed by atoms with E-state index in [1.807, 2.05) is 55.3 Å². The third kappa shape index (κ3) is 11.9. The average Bonchev–Trinajstić information content (AvgIpc) is 3.80. The second-order valence-corrected chi connectivity index (χ2v) is 14.9. The Morgan fingerprint density at radius 1 is 0.961 bits per heavy atom. The summed E-state index contributed by atoms with van der Waals surface area (Å²) < 4.78 is 0. The first kappa shape index (κ1) is 39.5. The zero-order chi connectivity index (χ0) is 36.9. The van der Waals surface area contributed by atoms with Crippen molar-refractivity contribution >= 4 is 52.6 Å². The SMILES string of the molecule is CC[C@@H]1NC(=O)[C@@H](C)NC(=O)c2csc(n2)[C@H](C(C)C)NC(=O)CN(Cc2cnc[nH]2)C[C@H](Cc2ccccc2)NC(=O)[C@H](CCSC)NC1=O. The third-order valence-electron chi connectivity index (χ3n) is 8.50. The average molecular weight is 740 g/mol. The molecule has 1 aromatic carbocycles. The van der Waals surface area contributed by atoms with Crippen LogP contribution in [-0.2, 0) is 32.1 Å². The number of rotatable bonds is 9. The summed E-state index contributed by atoms with van der Waals surface area (Å²) in [7, 11) is 0. The van der Waals surface area contributed by atoms with Crippen molar-refractivity contribution < 1.29 is 24.0 Å². The zero-order valence-electron chi connectivity index (χ0n) is 29.7. The molecule has 51 heavy (non-hydrogen) atoms. The first-order valence-electron chi connectivity index (χ1n) is 17.2. The van der Waals surface area contributed by atoms with Gasteiger partial charge in [0, 0.05) is 36.4 Å². The molecule has 6 N–H and O–H groups in total. The number of aromatic nitrogens is 3. The van der Waals surface area contributed by atoms with E-state index in [0.29, 0.717) is 36.7 Å². The molecule has 0 unspecified atom stereocenters. The molecule has 5 atom stereocenters. The number of fused-ring (bicyclic) bond motifs is 2. The van der Waals surface area contributed by atoms with Crippen LogP contribution in [0.3, 0.4) is 0 Å². The van der Waals surface area contributed by atoms with Crippen LogP contribution in [0, 0.1) is 5.92 Å². The molecule has 1 aliphatic rings. The highest BCUT2D eigenvalue weighted by Crippen LogP contribution is 2.25. The van der Waals surface area contributed by atoms with Crippen molar-refractivity contribution in [3.05, 3.63) is 70.2 Å². The number of amides is 5. The van der Waals surface area contributed by atoms with Crippen LogP contribution in [0.15, 0.2) is 48.2 Å². The van der Waals surface area contributed by atoms with Crippen molar-refractivity contribution in [2.45, 2.75) is 83.7 Å². The van der Waals surface area contributed by atoms with Gasteiger partial charge in [0.2, 0.25) is 23.6 Å². The van der Waals surface area contributed by atoms with Gasteiger partial charge in [-0.2, -0.15) is 11.8 Å². The fraction of sp³-hybridized carbons (Fsp3) is 0.514. The van der Waals surface area contributed by atoms with Crippen molar-refractivity contribution in [1.29, 1.82) is 0 Å². The summed E-state index contributed by atoms with van der Waals surface area (Å²) >= 11 is 2.80. The predicted octanol–water partition coefficient (Wildman–Crippen LogP) is 2.17. The Morgan fingerprint density at radius 3 is 2.35 bits per heavy atom. The Kier molecular flexibility index (Phi) is 15.0. The van der Waals surface area contributed by atoms with Gasteiger partial charge < -0.3 is 31.6 Å². The van der Waals surface area contributed by atoms with Crippen LogP contribution < -0.4 is 26.6 Å². The van der Waals surface area contributed by atoms with E-state index in [2.05, 4.69) is 41.5 Å². The number of nitrogens with one attached hydrogen (secondary N) is 6. The molecule has 0 saturated heterocycles. The maximum Gasteiger partial charge on any atom is 0.271 e. The topological polar surface area (TPSA) is 190 Å². The van der Waals surface area contributed by atoms with Gasteiger partial charge in [0.05, 0.1) is 18.9 Å². The van der Waals surface area contributed by atoms with Crippen LogP contribution in [0.4, 0.5) is 0 Å². The summed E-state index contributed by atoms with van der Waals surface area (Å²) in [6, 6.07) is 6.04. The van der Waals surface area contributed by atoms with Crippen molar-refractivity contribution in [1.82, 2.24) is 46.4 Å². The van der Waals surface area contributed by atoms with Gasteiger partial charge in [0.15, 0.2) is 0 Å². The van der Waals surface area contributed by atoms with Gasteiger partial charge in [-0.3, -0.25) is 28.9 Å². The molecule has 2 aromatic heterocycles. The van der Waals surface area contributed by atoms with Gasteiger partial charge in [0.1, 0.15) is 28.8 Å². The van der Waals surface area contributed by atoms with Crippen molar-refractivity contribution in [3.63, 3.8) is 0 Å². The first-order valence-corrected chi connectivity index (χ1v) is 19.4. The number of benzene rings is 1. The van der Waals surface area contributed by atoms with Crippen molar-refractivity contribution in [2.24, 2.45) is 5.92 Å². The summed E-state index contributed by atoms with van der Waals surface area (Å²) in [4.78, 5) is 81.3. The molecule has 4 rings (SSSR count). The largest absolute Gasteiger partial charge is 0.350 e. The molecule has 3 heterocycles. The fourth-order valence-electron chi connectivity index (χ4n) is 5.70. The summed E-state index contributed by atoms with van der Waals surface area (Å²) in [6.07, 6.45) is 6.29. The number of thioether (sulfide) groups is 1. The van der Waals surface area contributed by atoms with E-state index in [9.17, 15) is 24.0 Å². The Labute approximate surface area is 307 Å². The minimum atomic E-state index is -0.977. The minimum Gasteiger partial charge on any atom is -0.350 e. The molecule has 0 saturated carbocycles. The van der Waals surface area contributed by atoms with E-state index >= 15 is 0 Å². The number of thiazole rings is 1. The molecule has 5 amide bonds. The molecule has 14 nitrogen and oxygen atoms in total. The Morgan fingerprint density at radius 2 is 1.69 bits per heavy atom. The fourth-order valence-corrected chi connectivity index (χ4v) is 7.20. The number of carbonyl (C=O) groups is 5. The van der Waals surface area contributed by atoms with E-state index in [-0.39, 0.29) is 36.4 Å². The van der Waals surface area contributed by atoms with Crippen molar-refractivity contribution in [3.8, 4) is 0 Å². The van der Waals surface area contributed by atoms with E-state index in [1.54, 1.807) is 36.6 Å². The van der Waals surface area contributed by atoms with Crippen LogP contribution in [0.2, 0.25) is 0 Å². The number of carbonyl (C=O) groups excluding carboxylic acids is 5. The standard InChI is InChI=1S/C35H49N9O5S2/c1-6-26-32(47)41-27(12-13-50-5)33(48)39-24(14-23-10-8-7-9-11-23)16-44(17-25-15-36-20-37-25)18-29(45)43-30(21(2)3)35-42-28(19-51-35)34(49)38-22(4)31(46)40-26/h7-11,15,19-22,24,26-27,30H,6,12-14,16-18H2,1-5H3,(H,36,37)(H,38,49)(H,39,48)(H,40,46)(H,41,47)(H,43,45)/t22-,24+,26+,27+,30+/m1/s1. The van der Waals surface area contributed by atoms with Gasteiger partial charge in [-0.1, -0.05) is 51.1 Å². The number of hydrogen-bond acceptors (Lipinski definition) is 10. The normalized spacial score (nSPS) is 23.4. The molecule has 0 fully saturated rings. The third-order valence-corrected chi connectivity index (χ3v) is 10.1. The molecular weight excluding hydrogens is 691 g/mol. The molecule has 1 aliphatic heterocycles. The van der Waals surface area contributed by atoms with Gasteiger partial charge in [-0.05, 0) is 49.7 Å². The van der Waals surface area contributed by atoms with Crippen LogP contribution in [0.1, 0.15) is 73.3 Å². The zero-order valence-corrected chi connectivity index (χ0v) is 31.4. The van der Waals surface area contributed by atoms with Gasteiger partial charge >= 0.3 is 0 Å². The molecule has 276 valence electrons. The molecule has 16 heteroatoms. The number of H-pyrrole nitrogens is 1. The lowest BCUT2D eigenvalue weighted by atomic mass is 10.0. The van der Waals surface area contributed by atoms with Crippen LogP contribution in [0.25, 0.3) is 0 Å². The summed E-state index contributed by atoms with van der Waals surface area (Å²) in [5.41, 5.74) is 1.91.